The first-order valence-electron chi connectivity index (χ1n) is 6.87. The Morgan fingerprint density at radius 1 is 1.05 bits per heavy atom. The summed E-state index contributed by atoms with van der Waals surface area (Å²) in [7, 11) is 0. The summed E-state index contributed by atoms with van der Waals surface area (Å²) in [4.78, 5) is 18.9. The van der Waals surface area contributed by atoms with Gasteiger partial charge in [0.1, 0.15) is 0 Å². The van der Waals surface area contributed by atoms with E-state index >= 15 is 0 Å². The number of nitrogens with one attached hydrogen (secondary N) is 2. The van der Waals surface area contributed by atoms with Crippen molar-refractivity contribution in [2.75, 3.05) is 28.7 Å². The van der Waals surface area contributed by atoms with Gasteiger partial charge in [-0.15, -0.1) is 0 Å². The fourth-order valence-corrected chi connectivity index (χ4v) is 1.84. The summed E-state index contributed by atoms with van der Waals surface area (Å²) in [6.07, 6.45) is 3.50. The molecule has 0 unspecified atom stereocenters. The molecule has 0 saturated carbocycles. The zero-order valence-electron chi connectivity index (χ0n) is 12.2. The maximum absolute atomic E-state index is 5.42. The largest absolute Gasteiger partial charge is 0.350 e. The molecule has 4 N–H and O–H groups in total. The van der Waals surface area contributed by atoms with Crippen LogP contribution < -0.4 is 21.5 Å². The molecule has 2 aromatic rings. The van der Waals surface area contributed by atoms with Crippen LogP contribution in [0.1, 0.15) is 19.4 Å². The van der Waals surface area contributed by atoms with E-state index in [2.05, 4.69) is 30.7 Å². The Kier molecular flexibility index (Phi) is 5.22. The van der Waals surface area contributed by atoms with Crippen LogP contribution in [-0.2, 0) is 6.54 Å². The molecule has 8 heteroatoms. The van der Waals surface area contributed by atoms with Crippen LogP contribution in [0.5, 0.6) is 0 Å². The van der Waals surface area contributed by atoms with E-state index in [4.69, 9.17) is 5.84 Å². The average molecular weight is 288 g/mol. The molecule has 21 heavy (non-hydrogen) atoms. The molecule has 8 nitrogen and oxygen atoms in total. The molecule has 112 valence electrons. The van der Waals surface area contributed by atoms with E-state index in [9.17, 15) is 0 Å². The minimum absolute atomic E-state index is 0.337. The second kappa shape index (κ2) is 7.34. The van der Waals surface area contributed by atoms with Crippen molar-refractivity contribution in [1.82, 2.24) is 19.9 Å². The molecule has 0 saturated heterocycles. The van der Waals surface area contributed by atoms with Gasteiger partial charge in [-0.05, 0) is 31.5 Å². The molecule has 2 rings (SSSR count). The molecule has 0 aliphatic carbocycles. The monoisotopic (exact) mass is 288 g/mol. The van der Waals surface area contributed by atoms with Crippen molar-refractivity contribution < 1.29 is 0 Å². The SMILES string of the molecule is CCN(CC)c1nc(NN)nc(NCc2ccncc2)n1. The van der Waals surface area contributed by atoms with Crippen molar-refractivity contribution in [2.45, 2.75) is 20.4 Å². The number of hydrogen-bond acceptors (Lipinski definition) is 8. The van der Waals surface area contributed by atoms with Gasteiger partial charge in [-0.2, -0.15) is 15.0 Å². The highest BCUT2D eigenvalue weighted by Gasteiger charge is 2.10. The Balaban J connectivity index is 2.16. The van der Waals surface area contributed by atoms with E-state index in [1.807, 2.05) is 30.9 Å². The number of hydrazine groups is 1. The van der Waals surface area contributed by atoms with Crippen LogP contribution in [0, 0.1) is 0 Å². The maximum Gasteiger partial charge on any atom is 0.243 e. The molecule has 0 amide bonds. The minimum atomic E-state index is 0.337. The average Bonchev–Trinajstić information content (AvgIpc) is 2.55. The summed E-state index contributed by atoms with van der Waals surface area (Å²) in [6.45, 7) is 6.33. The Hall–Kier alpha value is -2.48. The van der Waals surface area contributed by atoms with Gasteiger partial charge in [0.25, 0.3) is 0 Å². The Morgan fingerprint density at radius 2 is 1.71 bits per heavy atom. The van der Waals surface area contributed by atoms with Crippen LogP contribution in [0.2, 0.25) is 0 Å². The van der Waals surface area contributed by atoms with Crippen LogP contribution in [0.3, 0.4) is 0 Å². The third kappa shape index (κ3) is 3.99. The quantitative estimate of drug-likeness (QED) is 0.512. The summed E-state index contributed by atoms with van der Waals surface area (Å²) in [5.41, 5.74) is 3.56. The Labute approximate surface area is 123 Å². The van der Waals surface area contributed by atoms with Gasteiger partial charge in [-0.3, -0.25) is 10.4 Å². The number of hydrogen-bond donors (Lipinski definition) is 3. The molecule has 0 radical (unpaired) electrons. The predicted octanol–water partition coefficient (Wildman–Crippen LogP) is 1.01. The first-order valence-corrected chi connectivity index (χ1v) is 6.87. The molecule has 0 fully saturated rings. The molecular weight excluding hydrogens is 268 g/mol. The van der Waals surface area contributed by atoms with E-state index in [0.717, 1.165) is 18.7 Å². The molecular formula is C13H20N8. The van der Waals surface area contributed by atoms with E-state index in [1.54, 1.807) is 12.4 Å². The number of rotatable bonds is 7. The fraction of sp³-hybridized carbons (Fsp3) is 0.385. The van der Waals surface area contributed by atoms with E-state index < -0.39 is 0 Å². The molecule has 0 bridgehead atoms. The molecule has 0 spiro atoms. The van der Waals surface area contributed by atoms with E-state index in [1.165, 1.54) is 0 Å². The normalized spacial score (nSPS) is 10.2. The lowest BCUT2D eigenvalue weighted by Gasteiger charge is -2.19. The lowest BCUT2D eigenvalue weighted by Crippen LogP contribution is -2.26. The van der Waals surface area contributed by atoms with Crippen LogP contribution in [0.15, 0.2) is 24.5 Å². The van der Waals surface area contributed by atoms with Gasteiger partial charge < -0.3 is 10.2 Å². The smallest absolute Gasteiger partial charge is 0.243 e. The highest BCUT2D eigenvalue weighted by atomic mass is 15.4. The predicted molar refractivity (Wildman–Crippen MR) is 82.8 cm³/mol. The highest BCUT2D eigenvalue weighted by Crippen LogP contribution is 2.13. The van der Waals surface area contributed by atoms with Crippen molar-refractivity contribution in [3.8, 4) is 0 Å². The van der Waals surface area contributed by atoms with Gasteiger partial charge >= 0.3 is 0 Å². The van der Waals surface area contributed by atoms with Gasteiger partial charge in [0.05, 0.1) is 0 Å². The highest BCUT2D eigenvalue weighted by molar-refractivity contribution is 5.43. The number of pyridine rings is 1. The third-order valence-electron chi connectivity index (χ3n) is 3.00. The van der Waals surface area contributed by atoms with Crippen molar-refractivity contribution >= 4 is 17.8 Å². The zero-order valence-corrected chi connectivity index (χ0v) is 12.2. The molecule has 0 aromatic carbocycles. The van der Waals surface area contributed by atoms with E-state index in [0.29, 0.717) is 24.4 Å². The summed E-state index contributed by atoms with van der Waals surface area (Å²) < 4.78 is 0. The van der Waals surface area contributed by atoms with Crippen LogP contribution >= 0.6 is 0 Å². The Morgan fingerprint density at radius 3 is 2.33 bits per heavy atom. The minimum Gasteiger partial charge on any atom is -0.350 e. The second-order valence-corrected chi connectivity index (χ2v) is 4.31. The molecule has 0 atom stereocenters. The second-order valence-electron chi connectivity index (χ2n) is 4.31. The van der Waals surface area contributed by atoms with Gasteiger partial charge in [0.2, 0.25) is 17.8 Å². The third-order valence-corrected chi connectivity index (χ3v) is 3.00. The summed E-state index contributed by atoms with van der Waals surface area (Å²) in [6, 6.07) is 3.86. The number of aromatic nitrogens is 4. The zero-order chi connectivity index (χ0) is 15.1. The van der Waals surface area contributed by atoms with Gasteiger partial charge in [0, 0.05) is 32.0 Å². The van der Waals surface area contributed by atoms with Crippen molar-refractivity contribution in [1.29, 1.82) is 0 Å². The Bertz CT molecular complexity index is 555. The first-order chi connectivity index (χ1) is 10.3. The summed E-state index contributed by atoms with van der Waals surface area (Å²) in [5, 5.41) is 3.17. The van der Waals surface area contributed by atoms with Crippen molar-refractivity contribution in [3.63, 3.8) is 0 Å². The lowest BCUT2D eigenvalue weighted by atomic mass is 10.3. The van der Waals surface area contributed by atoms with E-state index in [-0.39, 0.29) is 0 Å². The van der Waals surface area contributed by atoms with Gasteiger partial charge in [-0.25, -0.2) is 5.84 Å². The van der Waals surface area contributed by atoms with Crippen LogP contribution in [0.4, 0.5) is 17.8 Å². The van der Waals surface area contributed by atoms with Gasteiger partial charge in [0.15, 0.2) is 0 Å². The summed E-state index contributed by atoms with van der Waals surface area (Å²) in [5.74, 6) is 6.84. The first kappa shape index (κ1) is 14.9. The van der Waals surface area contributed by atoms with Crippen molar-refractivity contribution in [2.24, 2.45) is 5.84 Å². The van der Waals surface area contributed by atoms with Gasteiger partial charge in [-0.1, -0.05) is 0 Å². The number of nitrogen functional groups attached to an aromatic ring is 1. The number of nitrogens with zero attached hydrogens (tertiary/aromatic N) is 5. The topological polar surface area (TPSA) is 105 Å². The number of anilines is 3. The maximum atomic E-state index is 5.42. The fourth-order valence-electron chi connectivity index (χ4n) is 1.84. The molecule has 0 aliphatic heterocycles. The molecule has 2 heterocycles. The molecule has 0 aliphatic rings. The van der Waals surface area contributed by atoms with Crippen LogP contribution in [0.25, 0.3) is 0 Å². The number of nitrogens with two attached hydrogens (primary N) is 1. The molecule has 2 aromatic heterocycles. The summed E-state index contributed by atoms with van der Waals surface area (Å²) >= 11 is 0. The lowest BCUT2D eigenvalue weighted by molar-refractivity contribution is 0.811. The van der Waals surface area contributed by atoms with Crippen molar-refractivity contribution in [3.05, 3.63) is 30.1 Å². The standard InChI is InChI=1S/C13H20N8/c1-3-21(4-2)13-18-11(17-12(19-13)20-14)16-9-10-5-7-15-8-6-10/h5-8H,3-4,9,14H2,1-2H3,(H2,16,17,18,19,20). The van der Waals surface area contributed by atoms with Crippen LogP contribution in [-0.4, -0.2) is 33.0 Å².